The van der Waals surface area contributed by atoms with Crippen LogP contribution in [0.15, 0.2) is 28.9 Å². The van der Waals surface area contributed by atoms with Gasteiger partial charge in [0.05, 0.1) is 19.3 Å². The van der Waals surface area contributed by atoms with E-state index in [0.717, 1.165) is 17.8 Å². The zero-order valence-electron chi connectivity index (χ0n) is 11.7. The van der Waals surface area contributed by atoms with Crippen molar-refractivity contribution in [2.45, 2.75) is 13.0 Å². The molecule has 1 atom stereocenters. The summed E-state index contributed by atoms with van der Waals surface area (Å²) < 4.78 is 21.1. The molecule has 1 heterocycles. The number of aromatic nitrogens is 2. The third kappa shape index (κ3) is 2.86. The van der Waals surface area contributed by atoms with Crippen LogP contribution in [-0.4, -0.2) is 23.4 Å². The molecule has 2 aromatic rings. The lowest BCUT2D eigenvalue weighted by Crippen LogP contribution is -2.25. The molecular weight excluding hydrogens is 325 g/mol. The molecule has 0 bridgehead atoms. The van der Waals surface area contributed by atoms with Crippen molar-refractivity contribution in [1.29, 1.82) is 0 Å². The summed E-state index contributed by atoms with van der Waals surface area (Å²) >= 11 is 3.42. The van der Waals surface area contributed by atoms with Gasteiger partial charge in [0.2, 0.25) is 0 Å². The predicted octanol–water partition coefficient (Wildman–Crippen LogP) is 3.03. The molecular formula is C14H17BrFN3O. The molecule has 0 radical (unpaired) electrons. The molecule has 0 saturated heterocycles. The Hall–Kier alpha value is -1.40. The largest absolute Gasteiger partial charge is 0.493 e. The second-order valence-electron chi connectivity index (χ2n) is 4.38. The molecule has 2 rings (SSSR count). The first-order chi connectivity index (χ1) is 9.58. The maximum absolute atomic E-state index is 13.3. The van der Waals surface area contributed by atoms with E-state index in [9.17, 15) is 4.39 Å². The van der Waals surface area contributed by atoms with Crippen LogP contribution in [0.25, 0.3) is 0 Å². The van der Waals surface area contributed by atoms with Gasteiger partial charge >= 0.3 is 0 Å². The van der Waals surface area contributed by atoms with Gasteiger partial charge in [-0.25, -0.2) is 4.39 Å². The molecule has 1 unspecified atom stereocenters. The third-order valence-corrected chi connectivity index (χ3v) is 3.81. The van der Waals surface area contributed by atoms with E-state index in [1.165, 1.54) is 12.1 Å². The Morgan fingerprint density at radius 2 is 2.25 bits per heavy atom. The second-order valence-corrected chi connectivity index (χ2v) is 5.23. The van der Waals surface area contributed by atoms with Crippen molar-refractivity contribution >= 4 is 15.9 Å². The maximum Gasteiger partial charge on any atom is 0.161 e. The van der Waals surface area contributed by atoms with E-state index in [-0.39, 0.29) is 11.9 Å². The van der Waals surface area contributed by atoms with Gasteiger partial charge in [0.1, 0.15) is 11.5 Å². The summed E-state index contributed by atoms with van der Waals surface area (Å²) in [6.45, 7) is 2.79. The van der Waals surface area contributed by atoms with Crippen molar-refractivity contribution in [2.24, 2.45) is 7.05 Å². The van der Waals surface area contributed by atoms with Crippen LogP contribution < -0.4 is 10.1 Å². The molecule has 0 aliphatic heterocycles. The summed E-state index contributed by atoms with van der Waals surface area (Å²) in [5.74, 6) is 0.433. The highest BCUT2D eigenvalue weighted by Gasteiger charge is 2.23. The molecule has 0 amide bonds. The Morgan fingerprint density at radius 1 is 1.50 bits per heavy atom. The number of hydrogen-bond acceptors (Lipinski definition) is 3. The number of rotatable bonds is 5. The number of methoxy groups -OCH3 is 1. The van der Waals surface area contributed by atoms with E-state index in [4.69, 9.17) is 4.74 Å². The molecule has 0 spiro atoms. The quantitative estimate of drug-likeness (QED) is 0.908. The molecule has 0 aliphatic carbocycles. The highest BCUT2D eigenvalue weighted by Crippen LogP contribution is 2.33. The fourth-order valence-electron chi connectivity index (χ4n) is 2.21. The Balaban J connectivity index is 2.53. The van der Waals surface area contributed by atoms with Crippen LogP contribution in [0.1, 0.15) is 24.2 Å². The van der Waals surface area contributed by atoms with Crippen LogP contribution >= 0.6 is 15.9 Å². The van der Waals surface area contributed by atoms with Gasteiger partial charge in [0.15, 0.2) is 5.75 Å². The van der Waals surface area contributed by atoms with E-state index >= 15 is 0 Å². The monoisotopic (exact) mass is 341 g/mol. The van der Waals surface area contributed by atoms with Crippen LogP contribution in [0.2, 0.25) is 0 Å². The highest BCUT2D eigenvalue weighted by atomic mass is 79.9. The van der Waals surface area contributed by atoms with Gasteiger partial charge < -0.3 is 10.1 Å². The molecule has 1 N–H and O–H groups in total. The minimum absolute atomic E-state index is 0.127. The SMILES string of the molecule is CCNC(c1ccc(F)cc1Br)c1c(OC)cnn1C. The van der Waals surface area contributed by atoms with Gasteiger partial charge in [-0.05, 0) is 24.2 Å². The van der Waals surface area contributed by atoms with Crippen molar-refractivity contribution in [3.63, 3.8) is 0 Å². The molecule has 0 saturated carbocycles. The molecule has 1 aromatic heterocycles. The van der Waals surface area contributed by atoms with E-state index in [1.54, 1.807) is 24.1 Å². The molecule has 0 aliphatic rings. The third-order valence-electron chi connectivity index (χ3n) is 3.12. The first kappa shape index (κ1) is 15.0. The number of nitrogens with one attached hydrogen (secondary N) is 1. The Labute approximate surface area is 126 Å². The van der Waals surface area contributed by atoms with Gasteiger partial charge in [-0.2, -0.15) is 5.10 Å². The van der Waals surface area contributed by atoms with Gasteiger partial charge in [0.25, 0.3) is 0 Å². The van der Waals surface area contributed by atoms with Crippen LogP contribution in [0.4, 0.5) is 4.39 Å². The highest BCUT2D eigenvalue weighted by molar-refractivity contribution is 9.10. The zero-order valence-corrected chi connectivity index (χ0v) is 13.2. The van der Waals surface area contributed by atoms with E-state index in [1.807, 2.05) is 14.0 Å². The predicted molar refractivity (Wildman–Crippen MR) is 79.4 cm³/mol. The Bertz CT molecular complexity index is 600. The number of halogens is 2. The lowest BCUT2D eigenvalue weighted by Gasteiger charge is -2.21. The summed E-state index contributed by atoms with van der Waals surface area (Å²) in [5, 5.41) is 7.61. The zero-order chi connectivity index (χ0) is 14.7. The molecule has 20 heavy (non-hydrogen) atoms. The molecule has 1 aromatic carbocycles. The number of nitrogens with zero attached hydrogens (tertiary/aromatic N) is 2. The van der Waals surface area contributed by atoms with Crippen molar-refractivity contribution in [2.75, 3.05) is 13.7 Å². The average Bonchev–Trinajstić information content (AvgIpc) is 2.78. The molecule has 108 valence electrons. The lowest BCUT2D eigenvalue weighted by atomic mass is 10.0. The first-order valence-corrected chi connectivity index (χ1v) is 7.12. The first-order valence-electron chi connectivity index (χ1n) is 6.32. The Morgan fingerprint density at radius 3 is 2.85 bits per heavy atom. The number of hydrogen-bond donors (Lipinski definition) is 1. The fourth-order valence-corrected chi connectivity index (χ4v) is 2.79. The second kappa shape index (κ2) is 6.37. The number of aryl methyl sites for hydroxylation is 1. The average molecular weight is 342 g/mol. The minimum atomic E-state index is -0.271. The fraction of sp³-hybridized carbons (Fsp3) is 0.357. The summed E-state index contributed by atoms with van der Waals surface area (Å²) in [5.41, 5.74) is 1.84. The van der Waals surface area contributed by atoms with Gasteiger partial charge in [-0.1, -0.05) is 28.9 Å². The van der Waals surface area contributed by atoms with Crippen molar-refractivity contribution < 1.29 is 9.13 Å². The van der Waals surface area contributed by atoms with Gasteiger partial charge in [-0.3, -0.25) is 4.68 Å². The van der Waals surface area contributed by atoms with Crippen molar-refractivity contribution in [3.8, 4) is 5.75 Å². The van der Waals surface area contributed by atoms with Crippen molar-refractivity contribution in [1.82, 2.24) is 15.1 Å². The standard InChI is InChI=1S/C14H17BrFN3O/c1-4-17-13(10-6-5-9(16)7-11(10)15)14-12(20-3)8-18-19(14)2/h5-8,13,17H,4H2,1-3H3. The summed E-state index contributed by atoms with van der Waals surface area (Å²) in [6, 6.07) is 4.55. The normalized spacial score (nSPS) is 12.4. The molecule has 4 nitrogen and oxygen atoms in total. The number of ether oxygens (including phenoxy) is 1. The van der Waals surface area contributed by atoms with Crippen molar-refractivity contribution in [3.05, 3.63) is 45.9 Å². The van der Waals surface area contributed by atoms with Gasteiger partial charge in [0, 0.05) is 11.5 Å². The van der Waals surface area contributed by atoms with E-state index in [0.29, 0.717) is 10.2 Å². The maximum atomic E-state index is 13.3. The van der Waals surface area contributed by atoms with Gasteiger partial charge in [-0.15, -0.1) is 0 Å². The summed E-state index contributed by atoms with van der Waals surface area (Å²) in [4.78, 5) is 0. The smallest absolute Gasteiger partial charge is 0.161 e. The summed E-state index contributed by atoms with van der Waals surface area (Å²) in [6.07, 6.45) is 1.68. The summed E-state index contributed by atoms with van der Waals surface area (Å²) in [7, 11) is 3.48. The van der Waals surface area contributed by atoms with E-state index in [2.05, 4.69) is 26.3 Å². The lowest BCUT2D eigenvalue weighted by molar-refractivity contribution is 0.401. The van der Waals surface area contributed by atoms with E-state index < -0.39 is 0 Å². The minimum Gasteiger partial charge on any atom is -0.493 e. The van der Waals surface area contributed by atoms with Crippen LogP contribution in [0, 0.1) is 5.82 Å². The van der Waals surface area contributed by atoms with Crippen LogP contribution in [0.3, 0.4) is 0 Å². The molecule has 0 fully saturated rings. The van der Waals surface area contributed by atoms with Crippen LogP contribution in [-0.2, 0) is 7.05 Å². The topological polar surface area (TPSA) is 39.1 Å². The number of benzene rings is 1. The molecule has 6 heteroatoms. The Kier molecular flexibility index (Phi) is 4.77. The van der Waals surface area contributed by atoms with Crippen LogP contribution in [0.5, 0.6) is 5.75 Å².